The minimum absolute atomic E-state index is 0.101. The number of rotatable bonds is 2. The molecule has 2 aromatic rings. The number of fused-ring (bicyclic) bond motifs is 2. The maximum atomic E-state index is 5.67. The fourth-order valence-corrected chi connectivity index (χ4v) is 6.58. The first-order chi connectivity index (χ1) is 16.1. The van der Waals surface area contributed by atoms with E-state index < -0.39 is 0 Å². The molecule has 0 saturated carbocycles. The van der Waals surface area contributed by atoms with E-state index in [1.807, 2.05) is 6.26 Å². The smallest absolute Gasteiger partial charge is 0.0885 e. The molecule has 1 fully saturated rings. The number of nitrogens with zero attached hydrogens (tertiary/aromatic N) is 3. The van der Waals surface area contributed by atoms with Crippen LogP contribution in [0.15, 0.2) is 41.8 Å². The Labute approximate surface area is 197 Å². The fraction of sp³-hybridized carbons (Fsp3) is 0.536. The van der Waals surface area contributed by atoms with Gasteiger partial charge >= 0.3 is 0 Å². The normalized spacial score (nSPS) is 28.0. The van der Waals surface area contributed by atoms with Gasteiger partial charge in [-0.25, -0.2) is 0 Å². The van der Waals surface area contributed by atoms with E-state index in [1.54, 1.807) is 11.3 Å². The molecule has 1 spiro atoms. The van der Waals surface area contributed by atoms with Gasteiger partial charge in [0, 0.05) is 54.3 Å². The topological polar surface area (TPSA) is 37.8 Å². The van der Waals surface area contributed by atoms with E-state index in [-0.39, 0.29) is 5.41 Å². The third-order valence-electron chi connectivity index (χ3n) is 8.52. The number of ether oxygens (including phenoxy) is 2. The molecule has 1 aromatic carbocycles. The van der Waals surface area contributed by atoms with Gasteiger partial charge in [-0.05, 0) is 62.8 Å². The number of hydrogen-bond acceptors (Lipinski definition) is 5. The number of para-hydroxylation sites is 1. The van der Waals surface area contributed by atoms with E-state index in [0.717, 1.165) is 63.5 Å². The zero-order chi connectivity index (χ0) is 22.6. The molecule has 2 atom stereocenters. The van der Waals surface area contributed by atoms with Crippen LogP contribution in [0.25, 0.3) is 10.9 Å². The molecule has 5 nitrogen and oxygen atoms in total. The Balaban J connectivity index is 1.49. The first-order valence-electron chi connectivity index (χ1n) is 12.5. The largest absolute Gasteiger partial charge is 0.501 e. The molecule has 1 aliphatic carbocycles. The van der Waals surface area contributed by atoms with Crippen molar-refractivity contribution in [3.63, 3.8) is 0 Å². The summed E-state index contributed by atoms with van der Waals surface area (Å²) >= 11 is 0. The second-order valence-corrected chi connectivity index (χ2v) is 10.3. The number of aryl methyl sites for hydroxylation is 2. The third kappa shape index (κ3) is 3.39. The van der Waals surface area contributed by atoms with E-state index in [4.69, 9.17) is 14.5 Å². The molecular weight excluding hydrogens is 410 g/mol. The molecule has 174 valence electrons. The minimum atomic E-state index is 0.101. The lowest BCUT2D eigenvalue weighted by atomic mass is 9.73. The highest BCUT2D eigenvalue weighted by Gasteiger charge is 2.47. The van der Waals surface area contributed by atoms with Crippen LogP contribution in [0.3, 0.4) is 0 Å². The van der Waals surface area contributed by atoms with Crippen molar-refractivity contribution in [3.05, 3.63) is 58.6 Å². The molecule has 4 aliphatic rings. The SMILES string of the molecule is Cc1nc2c(C)cccc2c(N2CC3(C=COCC3)C3=C2CC(N2CCOCC2)CC3)c1C. The Hall–Kier alpha value is -2.37. The van der Waals surface area contributed by atoms with Crippen LogP contribution in [0.4, 0.5) is 5.69 Å². The van der Waals surface area contributed by atoms with Crippen LogP contribution in [0.2, 0.25) is 0 Å². The number of benzene rings is 1. The summed E-state index contributed by atoms with van der Waals surface area (Å²) in [4.78, 5) is 10.4. The molecule has 5 heteroatoms. The molecule has 2 unspecified atom stereocenters. The molecule has 0 amide bonds. The first-order valence-corrected chi connectivity index (χ1v) is 12.5. The zero-order valence-corrected chi connectivity index (χ0v) is 20.2. The van der Waals surface area contributed by atoms with Gasteiger partial charge in [0.15, 0.2) is 0 Å². The maximum Gasteiger partial charge on any atom is 0.0885 e. The third-order valence-corrected chi connectivity index (χ3v) is 8.52. The van der Waals surface area contributed by atoms with Gasteiger partial charge in [0.1, 0.15) is 0 Å². The Morgan fingerprint density at radius 2 is 1.94 bits per heavy atom. The van der Waals surface area contributed by atoms with E-state index in [2.05, 4.69) is 54.8 Å². The van der Waals surface area contributed by atoms with Crippen molar-refractivity contribution in [1.82, 2.24) is 9.88 Å². The van der Waals surface area contributed by atoms with Crippen LogP contribution in [-0.4, -0.2) is 55.4 Å². The molecule has 6 rings (SSSR count). The summed E-state index contributed by atoms with van der Waals surface area (Å²) in [6, 6.07) is 7.24. The van der Waals surface area contributed by atoms with Crippen molar-refractivity contribution in [3.8, 4) is 0 Å². The Kier molecular flexibility index (Phi) is 5.22. The van der Waals surface area contributed by atoms with Gasteiger partial charge in [-0.3, -0.25) is 9.88 Å². The lowest BCUT2D eigenvalue weighted by Crippen LogP contribution is -2.45. The van der Waals surface area contributed by atoms with Crippen LogP contribution in [0.1, 0.15) is 42.5 Å². The Morgan fingerprint density at radius 1 is 1.09 bits per heavy atom. The van der Waals surface area contributed by atoms with Gasteiger partial charge in [-0.15, -0.1) is 0 Å². The lowest BCUT2D eigenvalue weighted by Gasteiger charge is -2.39. The highest BCUT2D eigenvalue weighted by molar-refractivity contribution is 5.96. The molecule has 4 heterocycles. The van der Waals surface area contributed by atoms with Crippen LogP contribution in [0, 0.1) is 26.2 Å². The summed E-state index contributed by atoms with van der Waals surface area (Å²) in [5.74, 6) is 0. The number of hydrogen-bond donors (Lipinski definition) is 0. The van der Waals surface area contributed by atoms with Crippen LogP contribution >= 0.6 is 0 Å². The molecule has 0 radical (unpaired) electrons. The average Bonchev–Trinajstić information content (AvgIpc) is 3.14. The lowest BCUT2D eigenvalue weighted by molar-refractivity contribution is 0.0135. The van der Waals surface area contributed by atoms with Gasteiger partial charge < -0.3 is 14.4 Å². The van der Waals surface area contributed by atoms with Crippen LogP contribution in [-0.2, 0) is 9.47 Å². The molecule has 1 aromatic heterocycles. The molecule has 0 N–H and O–H groups in total. The summed E-state index contributed by atoms with van der Waals surface area (Å²) in [5, 5.41) is 1.28. The van der Waals surface area contributed by atoms with Gasteiger partial charge in [0.25, 0.3) is 0 Å². The van der Waals surface area contributed by atoms with Gasteiger partial charge in [-0.1, -0.05) is 18.2 Å². The predicted octanol–water partition coefficient (Wildman–Crippen LogP) is 5.04. The number of morpholine rings is 1. The van der Waals surface area contributed by atoms with Crippen LogP contribution in [0.5, 0.6) is 0 Å². The summed E-state index contributed by atoms with van der Waals surface area (Å²) in [6.45, 7) is 12.3. The zero-order valence-electron chi connectivity index (χ0n) is 20.2. The second-order valence-electron chi connectivity index (χ2n) is 10.3. The van der Waals surface area contributed by atoms with E-state index in [0.29, 0.717) is 6.04 Å². The van der Waals surface area contributed by atoms with Gasteiger partial charge in [0.2, 0.25) is 0 Å². The van der Waals surface area contributed by atoms with E-state index in [1.165, 1.54) is 35.0 Å². The van der Waals surface area contributed by atoms with Crippen molar-refractivity contribution in [2.45, 2.75) is 52.5 Å². The van der Waals surface area contributed by atoms with Crippen molar-refractivity contribution in [2.75, 3.05) is 44.4 Å². The van der Waals surface area contributed by atoms with Crippen molar-refractivity contribution in [1.29, 1.82) is 0 Å². The monoisotopic (exact) mass is 445 g/mol. The number of anilines is 1. The van der Waals surface area contributed by atoms with Gasteiger partial charge in [0.05, 0.1) is 37.3 Å². The first kappa shape index (κ1) is 21.2. The molecule has 3 aliphatic heterocycles. The summed E-state index contributed by atoms with van der Waals surface area (Å²) in [7, 11) is 0. The van der Waals surface area contributed by atoms with E-state index >= 15 is 0 Å². The van der Waals surface area contributed by atoms with Crippen molar-refractivity contribution in [2.24, 2.45) is 5.41 Å². The quantitative estimate of drug-likeness (QED) is 0.648. The summed E-state index contributed by atoms with van der Waals surface area (Å²) < 4.78 is 11.3. The minimum Gasteiger partial charge on any atom is -0.501 e. The van der Waals surface area contributed by atoms with Crippen LogP contribution < -0.4 is 4.90 Å². The Morgan fingerprint density at radius 3 is 2.73 bits per heavy atom. The molecule has 33 heavy (non-hydrogen) atoms. The van der Waals surface area contributed by atoms with Gasteiger partial charge in [-0.2, -0.15) is 0 Å². The molecular formula is C28H35N3O2. The van der Waals surface area contributed by atoms with E-state index in [9.17, 15) is 0 Å². The summed E-state index contributed by atoms with van der Waals surface area (Å²) in [5.41, 5.74) is 9.51. The number of aromatic nitrogens is 1. The predicted molar refractivity (Wildman–Crippen MR) is 132 cm³/mol. The van der Waals surface area contributed by atoms with Crippen molar-refractivity contribution < 1.29 is 9.47 Å². The fourth-order valence-electron chi connectivity index (χ4n) is 6.58. The molecule has 0 bridgehead atoms. The number of pyridine rings is 1. The highest BCUT2D eigenvalue weighted by Crippen LogP contribution is 2.53. The van der Waals surface area contributed by atoms with Crippen molar-refractivity contribution >= 4 is 16.6 Å². The standard InChI is InChI=1S/C28H35N3O2/c1-19-5-4-6-23-26(19)29-21(3)20(2)27(23)31-18-28(9-13-32-14-10-28)24-8-7-22(17-25(24)31)30-11-15-33-16-12-30/h4-6,9,13,22H,7-8,10-12,14-18H2,1-3H3. The summed E-state index contributed by atoms with van der Waals surface area (Å²) in [6.07, 6.45) is 8.94. The Bertz CT molecular complexity index is 1150. The molecule has 1 saturated heterocycles. The average molecular weight is 446 g/mol. The second kappa shape index (κ2) is 8.14. The highest BCUT2D eigenvalue weighted by atomic mass is 16.5. The maximum absolute atomic E-state index is 5.67.